The molecule has 0 atom stereocenters. The van der Waals surface area contributed by atoms with Gasteiger partial charge in [-0.1, -0.05) is 0 Å². The summed E-state index contributed by atoms with van der Waals surface area (Å²) in [4.78, 5) is 31.1. The minimum atomic E-state index is -0.0659. The Labute approximate surface area is 162 Å². The summed E-state index contributed by atoms with van der Waals surface area (Å²) in [6, 6.07) is 9.71. The summed E-state index contributed by atoms with van der Waals surface area (Å²) in [7, 11) is 0. The second-order valence-electron chi connectivity index (χ2n) is 7.08. The Hall–Kier alpha value is -3.41. The van der Waals surface area contributed by atoms with Gasteiger partial charge in [-0.15, -0.1) is 0 Å². The normalized spacial score (nSPS) is 13.8. The van der Waals surface area contributed by atoms with Gasteiger partial charge in [0, 0.05) is 47.9 Å². The second-order valence-corrected chi connectivity index (χ2v) is 7.08. The van der Waals surface area contributed by atoms with Crippen LogP contribution in [0.15, 0.2) is 60.0 Å². The van der Waals surface area contributed by atoms with Crippen molar-refractivity contribution in [3.63, 3.8) is 0 Å². The molecule has 28 heavy (non-hydrogen) atoms. The quantitative estimate of drug-likeness (QED) is 0.547. The lowest BCUT2D eigenvalue weighted by atomic mass is 10.1. The zero-order chi connectivity index (χ0) is 19.1. The van der Waals surface area contributed by atoms with E-state index in [9.17, 15) is 4.79 Å². The van der Waals surface area contributed by atoms with E-state index in [0.29, 0.717) is 34.8 Å². The van der Waals surface area contributed by atoms with Crippen LogP contribution in [0.2, 0.25) is 0 Å². The Morgan fingerprint density at radius 1 is 1.11 bits per heavy atom. The molecule has 0 bridgehead atoms. The van der Waals surface area contributed by atoms with Gasteiger partial charge in [0.1, 0.15) is 5.52 Å². The van der Waals surface area contributed by atoms with Gasteiger partial charge in [-0.2, -0.15) is 0 Å². The number of nitrogens with zero attached hydrogens (tertiary/aromatic N) is 5. The van der Waals surface area contributed by atoms with Crippen LogP contribution >= 0.6 is 0 Å². The Kier molecular flexibility index (Phi) is 3.97. The third kappa shape index (κ3) is 2.87. The summed E-state index contributed by atoms with van der Waals surface area (Å²) in [5.74, 6) is 0.602. The molecule has 0 unspecified atom stereocenters. The topological polar surface area (TPSA) is 73.6 Å². The van der Waals surface area contributed by atoms with E-state index >= 15 is 0 Å². The van der Waals surface area contributed by atoms with Gasteiger partial charge in [-0.25, -0.2) is 9.97 Å². The number of hydrogen-bond acceptors (Lipinski definition) is 5. The molecular weight excluding hydrogens is 350 g/mol. The van der Waals surface area contributed by atoms with Crippen molar-refractivity contribution in [3.8, 4) is 22.5 Å². The maximum Gasteiger partial charge on any atom is 0.261 e. The average Bonchev–Trinajstić information content (AvgIpc) is 3.60. The van der Waals surface area contributed by atoms with Gasteiger partial charge in [0.05, 0.1) is 23.1 Å². The van der Waals surface area contributed by atoms with Crippen LogP contribution in [0.1, 0.15) is 31.4 Å². The van der Waals surface area contributed by atoms with Crippen LogP contribution in [0.5, 0.6) is 0 Å². The molecule has 0 N–H and O–H groups in total. The van der Waals surface area contributed by atoms with E-state index in [1.165, 1.54) is 12.8 Å². The van der Waals surface area contributed by atoms with Crippen molar-refractivity contribution in [1.29, 1.82) is 0 Å². The van der Waals surface area contributed by atoms with Gasteiger partial charge in [0.25, 0.3) is 5.56 Å². The van der Waals surface area contributed by atoms with Crippen molar-refractivity contribution < 1.29 is 0 Å². The molecule has 6 heteroatoms. The molecule has 4 aromatic rings. The van der Waals surface area contributed by atoms with E-state index in [0.717, 1.165) is 16.8 Å². The van der Waals surface area contributed by atoms with Crippen molar-refractivity contribution in [2.75, 3.05) is 0 Å². The van der Waals surface area contributed by atoms with E-state index in [1.807, 2.05) is 37.4 Å². The minimum Gasteiger partial charge on any atom is -0.299 e. The minimum absolute atomic E-state index is 0.0659. The zero-order valence-corrected chi connectivity index (χ0v) is 15.5. The second kappa shape index (κ2) is 6.64. The highest BCUT2D eigenvalue weighted by molar-refractivity contribution is 5.93. The van der Waals surface area contributed by atoms with Crippen molar-refractivity contribution in [3.05, 3.63) is 71.3 Å². The third-order valence-corrected chi connectivity index (χ3v) is 5.16. The Morgan fingerprint density at radius 2 is 2.00 bits per heavy atom. The fourth-order valence-electron chi connectivity index (χ4n) is 3.42. The van der Waals surface area contributed by atoms with Gasteiger partial charge >= 0.3 is 0 Å². The first kappa shape index (κ1) is 16.7. The third-order valence-electron chi connectivity index (χ3n) is 5.16. The van der Waals surface area contributed by atoms with Crippen LogP contribution in [0.25, 0.3) is 33.4 Å². The van der Waals surface area contributed by atoms with Crippen LogP contribution in [-0.4, -0.2) is 24.5 Å². The molecule has 0 spiro atoms. The number of pyridine rings is 3. The summed E-state index contributed by atoms with van der Waals surface area (Å²) in [5.41, 5.74) is 4.76. The Balaban J connectivity index is 1.75. The standard InChI is InChI=1S/C22H19N5O/c1-2-27-13-25-21-17(22(27)28)10-19(26-20(21)16-4-3-9-23-11-16)15-7-8-18(24-12-15)14-5-6-14/h3-4,7-14H,2,5-6H2,1H3. The first-order chi connectivity index (χ1) is 13.7. The van der Waals surface area contributed by atoms with Crippen LogP contribution in [0.3, 0.4) is 0 Å². The molecule has 4 aromatic heterocycles. The van der Waals surface area contributed by atoms with Crippen molar-refractivity contribution in [2.45, 2.75) is 32.2 Å². The van der Waals surface area contributed by atoms with Crippen LogP contribution in [0, 0.1) is 0 Å². The number of fused-ring (bicyclic) bond motifs is 1. The van der Waals surface area contributed by atoms with E-state index in [-0.39, 0.29) is 5.56 Å². The first-order valence-electron chi connectivity index (χ1n) is 9.51. The number of aryl methyl sites for hydroxylation is 1. The summed E-state index contributed by atoms with van der Waals surface area (Å²) in [6.07, 6.45) is 9.32. The SMILES string of the molecule is CCn1cnc2c(-c3cccnc3)nc(-c3ccc(C4CC4)nc3)cc2c1=O. The number of rotatable bonds is 4. The van der Waals surface area contributed by atoms with Crippen molar-refractivity contribution in [2.24, 2.45) is 0 Å². The highest BCUT2D eigenvalue weighted by Crippen LogP contribution is 2.39. The average molecular weight is 369 g/mol. The predicted molar refractivity (Wildman–Crippen MR) is 108 cm³/mol. The molecular formula is C22H19N5O. The molecule has 6 nitrogen and oxygen atoms in total. The Bertz CT molecular complexity index is 1210. The van der Waals surface area contributed by atoms with Gasteiger partial charge in [-0.3, -0.25) is 19.3 Å². The molecule has 0 aliphatic heterocycles. The highest BCUT2D eigenvalue weighted by atomic mass is 16.1. The highest BCUT2D eigenvalue weighted by Gasteiger charge is 2.24. The van der Waals surface area contributed by atoms with Gasteiger partial charge in [0.15, 0.2) is 0 Å². The summed E-state index contributed by atoms with van der Waals surface area (Å²) < 4.78 is 1.60. The molecule has 1 aliphatic carbocycles. The maximum absolute atomic E-state index is 12.9. The smallest absolute Gasteiger partial charge is 0.261 e. The van der Waals surface area contributed by atoms with Crippen LogP contribution in [-0.2, 0) is 6.54 Å². The molecule has 1 fully saturated rings. The number of hydrogen-bond donors (Lipinski definition) is 0. The van der Waals surface area contributed by atoms with Crippen LogP contribution < -0.4 is 5.56 Å². The lowest BCUT2D eigenvalue weighted by molar-refractivity contribution is 0.717. The predicted octanol–water partition coefficient (Wildman–Crippen LogP) is 3.81. The van der Waals surface area contributed by atoms with E-state index in [1.54, 1.807) is 23.3 Å². The molecule has 0 aromatic carbocycles. The van der Waals surface area contributed by atoms with Gasteiger partial charge in [-0.05, 0) is 50.1 Å². The number of aromatic nitrogens is 5. The van der Waals surface area contributed by atoms with Gasteiger partial charge < -0.3 is 0 Å². The molecule has 1 saturated carbocycles. The molecule has 1 aliphatic rings. The molecule has 0 radical (unpaired) electrons. The van der Waals surface area contributed by atoms with E-state index in [4.69, 9.17) is 4.98 Å². The first-order valence-corrected chi connectivity index (χ1v) is 9.51. The molecule has 138 valence electrons. The van der Waals surface area contributed by atoms with E-state index in [2.05, 4.69) is 21.0 Å². The molecule has 0 amide bonds. The van der Waals surface area contributed by atoms with Gasteiger partial charge in [0.2, 0.25) is 0 Å². The monoisotopic (exact) mass is 369 g/mol. The lowest BCUT2D eigenvalue weighted by Gasteiger charge is -2.11. The van der Waals surface area contributed by atoms with E-state index < -0.39 is 0 Å². The largest absolute Gasteiger partial charge is 0.299 e. The molecule has 0 saturated heterocycles. The van der Waals surface area contributed by atoms with Crippen molar-refractivity contribution in [1.82, 2.24) is 24.5 Å². The summed E-state index contributed by atoms with van der Waals surface area (Å²) in [5, 5.41) is 0.555. The lowest BCUT2D eigenvalue weighted by Crippen LogP contribution is -2.20. The molecule has 5 rings (SSSR count). The fraction of sp³-hybridized carbons (Fsp3) is 0.227. The summed E-state index contributed by atoms with van der Waals surface area (Å²) in [6.45, 7) is 2.50. The fourth-order valence-corrected chi connectivity index (χ4v) is 3.42. The zero-order valence-electron chi connectivity index (χ0n) is 15.5. The molecule has 4 heterocycles. The summed E-state index contributed by atoms with van der Waals surface area (Å²) >= 11 is 0. The Morgan fingerprint density at radius 3 is 2.68 bits per heavy atom. The van der Waals surface area contributed by atoms with Crippen molar-refractivity contribution >= 4 is 10.9 Å². The van der Waals surface area contributed by atoms with Crippen LogP contribution in [0.4, 0.5) is 0 Å². The maximum atomic E-state index is 12.9.